The molecular weight excluding hydrogens is 322 g/mol. The molecule has 0 unspecified atom stereocenters. The third-order valence-electron chi connectivity index (χ3n) is 3.94. The Hall–Kier alpha value is -2.54. The molecule has 1 aromatic heterocycles. The molecule has 0 atom stereocenters. The van der Waals surface area contributed by atoms with Crippen molar-refractivity contribution in [2.24, 2.45) is 0 Å². The van der Waals surface area contributed by atoms with Crippen molar-refractivity contribution in [3.8, 4) is 23.0 Å². The molecule has 2 heterocycles. The standard InChI is InChI=1S/C18H23N3O4/c1-12-14(10-17(22)19-7-4-8-21(2)3)20-18(25-12)13-5-6-15-16(9-13)24-11-23-15/h5-6,9H,4,7-8,10-11H2,1-3H3,(H,19,22). The number of hydrogen-bond donors (Lipinski definition) is 1. The van der Waals surface area contributed by atoms with Gasteiger partial charge in [-0.15, -0.1) is 0 Å². The van der Waals surface area contributed by atoms with Gasteiger partial charge in [-0.05, 0) is 52.2 Å². The largest absolute Gasteiger partial charge is 0.454 e. The Morgan fingerprint density at radius 2 is 2.08 bits per heavy atom. The molecule has 1 aromatic carbocycles. The van der Waals surface area contributed by atoms with E-state index in [-0.39, 0.29) is 19.1 Å². The second kappa shape index (κ2) is 7.57. The first-order valence-electron chi connectivity index (χ1n) is 8.30. The van der Waals surface area contributed by atoms with Gasteiger partial charge >= 0.3 is 0 Å². The van der Waals surface area contributed by atoms with E-state index in [1.807, 2.05) is 39.2 Å². The second-order valence-corrected chi connectivity index (χ2v) is 6.27. The van der Waals surface area contributed by atoms with E-state index in [0.717, 1.165) is 18.5 Å². The van der Waals surface area contributed by atoms with Gasteiger partial charge in [-0.25, -0.2) is 4.98 Å². The fraction of sp³-hybridized carbons (Fsp3) is 0.444. The predicted octanol–water partition coefficient (Wildman–Crippen LogP) is 1.99. The van der Waals surface area contributed by atoms with Gasteiger partial charge in [0.05, 0.1) is 12.1 Å². The topological polar surface area (TPSA) is 76.8 Å². The minimum Gasteiger partial charge on any atom is -0.454 e. The molecule has 0 fully saturated rings. The Kier molecular flexibility index (Phi) is 5.23. The maximum absolute atomic E-state index is 12.1. The van der Waals surface area contributed by atoms with Gasteiger partial charge in [0.2, 0.25) is 18.6 Å². The molecule has 2 aromatic rings. The molecule has 0 aliphatic carbocycles. The van der Waals surface area contributed by atoms with Crippen molar-refractivity contribution in [1.82, 2.24) is 15.2 Å². The van der Waals surface area contributed by atoms with E-state index in [1.54, 1.807) is 0 Å². The lowest BCUT2D eigenvalue weighted by Gasteiger charge is -2.09. The van der Waals surface area contributed by atoms with Crippen LogP contribution in [0.3, 0.4) is 0 Å². The van der Waals surface area contributed by atoms with Gasteiger partial charge in [0, 0.05) is 12.1 Å². The average molecular weight is 345 g/mol. The van der Waals surface area contributed by atoms with Gasteiger partial charge in [0.1, 0.15) is 5.76 Å². The first-order chi connectivity index (χ1) is 12.0. The minimum atomic E-state index is -0.0487. The van der Waals surface area contributed by atoms with E-state index in [1.165, 1.54) is 0 Å². The van der Waals surface area contributed by atoms with Crippen LogP contribution in [-0.4, -0.2) is 49.8 Å². The van der Waals surface area contributed by atoms with Crippen LogP contribution in [0.2, 0.25) is 0 Å². The molecule has 134 valence electrons. The number of nitrogens with one attached hydrogen (secondary N) is 1. The zero-order valence-corrected chi connectivity index (χ0v) is 14.8. The van der Waals surface area contributed by atoms with Crippen molar-refractivity contribution in [2.45, 2.75) is 19.8 Å². The Morgan fingerprint density at radius 3 is 2.88 bits per heavy atom. The molecule has 0 spiro atoms. The van der Waals surface area contributed by atoms with Gasteiger partial charge in [0.25, 0.3) is 0 Å². The third kappa shape index (κ3) is 4.30. The van der Waals surface area contributed by atoms with Crippen molar-refractivity contribution in [1.29, 1.82) is 0 Å². The minimum absolute atomic E-state index is 0.0487. The van der Waals surface area contributed by atoms with Gasteiger partial charge < -0.3 is 24.1 Å². The van der Waals surface area contributed by atoms with Crippen molar-refractivity contribution in [3.63, 3.8) is 0 Å². The lowest BCUT2D eigenvalue weighted by atomic mass is 10.2. The summed E-state index contributed by atoms with van der Waals surface area (Å²) in [5, 5.41) is 2.91. The second-order valence-electron chi connectivity index (χ2n) is 6.27. The van der Waals surface area contributed by atoms with Crippen LogP contribution >= 0.6 is 0 Å². The number of rotatable bonds is 7. The van der Waals surface area contributed by atoms with E-state index in [4.69, 9.17) is 13.9 Å². The molecule has 1 aliphatic heterocycles. The smallest absolute Gasteiger partial charge is 0.231 e. The fourth-order valence-corrected chi connectivity index (χ4v) is 2.58. The van der Waals surface area contributed by atoms with Crippen molar-refractivity contribution < 1.29 is 18.7 Å². The number of carbonyl (C=O) groups is 1. The number of nitrogens with zero attached hydrogens (tertiary/aromatic N) is 2. The number of fused-ring (bicyclic) bond motifs is 1. The molecular formula is C18H23N3O4. The maximum atomic E-state index is 12.1. The lowest BCUT2D eigenvalue weighted by molar-refractivity contribution is -0.120. The summed E-state index contributed by atoms with van der Waals surface area (Å²) >= 11 is 0. The lowest BCUT2D eigenvalue weighted by Crippen LogP contribution is -2.28. The molecule has 7 heteroatoms. The first kappa shape index (κ1) is 17.3. The zero-order chi connectivity index (χ0) is 17.8. The maximum Gasteiger partial charge on any atom is 0.231 e. The number of aromatic nitrogens is 1. The molecule has 0 bridgehead atoms. The SMILES string of the molecule is Cc1oc(-c2ccc3c(c2)OCO3)nc1CC(=O)NCCCN(C)C. The molecule has 3 rings (SSSR count). The molecule has 0 radical (unpaired) electrons. The number of aryl methyl sites for hydroxylation is 1. The van der Waals surface area contributed by atoms with E-state index in [9.17, 15) is 4.79 Å². The van der Waals surface area contributed by atoms with Crippen LogP contribution in [-0.2, 0) is 11.2 Å². The zero-order valence-electron chi connectivity index (χ0n) is 14.8. The summed E-state index contributed by atoms with van der Waals surface area (Å²) in [6, 6.07) is 5.52. The number of carbonyl (C=O) groups excluding carboxylic acids is 1. The molecule has 1 N–H and O–H groups in total. The van der Waals surface area contributed by atoms with Crippen molar-refractivity contribution in [2.75, 3.05) is 34.0 Å². The summed E-state index contributed by atoms with van der Waals surface area (Å²) in [6.45, 7) is 3.64. The van der Waals surface area contributed by atoms with Crippen LogP contribution in [0.15, 0.2) is 22.6 Å². The quantitative estimate of drug-likeness (QED) is 0.774. The molecule has 0 saturated carbocycles. The highest BCUT2D eigenvalue weighted by Crippen LogP contribution is 2.36. The van der Waals surface area contributed by atoms with Crippen LogP contribution in [0.4, 0.5) is 0 Å². The highest BCUT2D eigenvalue weighted by molar-refractivity contribution is 5.78. The average Bonchev–Trinajstić information content (AvgIpc) is 3.17. The predicted molar refractivity (Wildman–Crippen MR) is 92.7 cm³/mol. The van der Waals surface area contributed by atoms with E-state index < -0.39 is 0 Å². The van der Waals surface area contributed by atoms with Gasteiger partial charge in [-0.1, -0.05) is 0 Å². The van der Waals surface area contributed by atoms with Crippen LogP contribution < -0.4 is 14.8 Å². The molecule has 25 heavy (non-hydrogen) atoms. The summed E-state index contributed by atoms with van der Waals surface area (Å²) in [5.41, 5.74) is 1.45. The number of hydrogen-bond acceptors (Lipinski definition) is 6. The highest BCUT2D eigenvalue weighted by Gasteiger charge is 2.18. The normalized spacial score (nSPS) is 12.6. The van der Waals surface area contributed by atoms with Crippen LogP contribution in [0.5, 0.6) is 11.5 Å². The van der Waals surface area contributed by atoms with Gasteiger partial charge in [0.15, 0.2) is 11.5 Å². The molecule has 0 saturated heterocycles. The number of amides is 1. The summed E-state index contributed by atoms with van der Waals surface area (Å²) < 4.78 is 16.4. The summed E-state index contributed by atoms with van der Waals surface area (Å²) in [5.74, 6) is 2.47. The van der Waals surface area contributed by atoms with Crippen molar-refractivity contribution >= 4 is 5.91 Å². The number of oxazole rings is 1. The Balaban J connectivity index is 1.61. The first-order valence-corrected chi connectivity index (χ1v) is 8.30. The Bertz CT molecular complexity index is 755. The molecule has 1 amide bonds. The van der Waals surface area contributed by atoms with Crippen molar-refractivity contribution in [3.05, 3.63) is 29.7 Å². The highest BCUT2D eigenvalue weighted by atomic mass is 16.7. The Morgan fingerprint density at radius 1 is 1.28 bits per heavy atom. The van der Waals surface area contributed by atoms with Gasteiger partial charge in [-0.2, -0.15) is 0 Å². The van der Waals surface area contributed by atoms with Crippen LogP contribution in [0, 0.1) is 6.92 Å². The number of benzene rings is 1. The Labute approximate surface area is 146 Å². The summed E-state index contributed by atoms with van der Waals surface area (Å²) in [6.07, 6.45) is 1.13. The third-order valence-corrected chi connectivity index (χ3v) is 3.94. The van der Waals surface area contributed by atoms with E-state index in [2.05, 4.69) is 15.2 Å². The van der Waals surface area contributed by atoms with Crippen LogP contribution in [0.25, 0.3) is 11.5 Å². The number of ether oxygens (including phenoxy) is 2. The fourth-order valence-electron chi connectivity index (χ4n) is 2.58. The van der Waals surface area contributed by atoms with Gasteiger partial charge in [-0.3, -0.25) is 4.79 Å². The van der Waals surface area contributed by atoms with E-state index in [0.29, 0.717) is 35.4 Å². The monoisotopic (exact) mass is 345 g/mol. The molecule has 7 nitrogen and oxygen atoms in total. The van der Waals surface area contributed by atoms with E-state index >= 15 is 0 Å². The van der Waals surface area contributed by atoms with Crippen LogP contribution in [0.1, 0.15) is 17.9 Å². The summed E-state index contributed by atoms with van der Waals surface area (Å²) in [7, 11) is 4.02. The molecule has 1 aliphatic rings. The summed E-state index contributed by atoms with van der Waals surface area (Å²) in [4.78, 5) is 18.6.